The average Bonchev–Trinajstić information content (AvgIpc) is 3.09. The number of amides is 1. The van der Waals surface area contributed by atoms with Crippen molar-refractivity contribution in [1.82, 2.24) is 5.32 Å². The molecule has 2 N–H and O–H groups in total. The molecule has 0 aromatic rings. The molecular formula is C15H19NO7. The lowest BCUT2D eigenvalue weighted by molar-refractivity contribution is -0.147. The van der Waals surface area contributed by atoms with Gasteiger partial charge in [-0.3, -0.25) is 19.2 Å². The molecule has 4 atom stereocenters. The van der Waals surface area contributed by atoms with Crippen LogP contribution in [0.3, 0.4) is 0 Å². The van der Waals surface area contributed by atoms with Crippen LogP contribution >= 0.6 is 0 Å². The quantitative estimate of drug-likeness (QED) is 0.356. The summed E-state index contributed by atoms with van der Waals surface area (Å²) in [4.78, 5) is 45.4. The second kappa shape index (κ2) is 7.36. The van der Waals surface area contributed by atoms with Gasteiger partial charge in [0, 0.05) is 0 Å². The third-order valence-electron chi connectivity index (χ3n) is 3.88. The van der Waals surface area contributed by atoms with Crippen LogP contribution in [0.25, 0.3) is 0 Å². The van der Waals surface area contributed by atoms with E-state index in [2.05, 4.69) is 5.32 Å². The molecule has 2 aliphatic rings. The van der Waals surface area contributed by atoms with Crippen LogP contribution in [0.2, 0.25) is 0 Å². The van der Waals surface area contributed by atoms with Crippen LogP contribution in [0.1, 0.15) is 19.8 Å². The number of carboxylic acids is 1. The van der Waals surface area contributed by atoms with E-state index in [4.69, 9.17) is 14.6 Å². The molecule has 8 nitrogen and oxygen atoms in total. The van der Waals surface area contributed by atoms with Gasteiger partial charge in [-0.1, -0.05) is 12.2 Å². The van der Waals surface area contributed by atoms with Gasteiger partial charge in [0.2, 0.25) is 5.91 Å². The van der Waals surface area contributed by atoms with Crippen molar-refractivity contribution in [2.24, 2.45) is 11.8 Å². The van der Waals surface area contributed by atoms with E-state index in [0.717, 1.165) is 0 Å². The number of ether oxygens (including phenoxy) is 2. The van der Waals surface area contributed by atoms with Crippen LogP contribution < -0.4 is 5.32 Å². The maximum absolute atomic E-state index is 12.2. The Balaban J connectivity index is 1.73. The molecule has 1 fully saturated rings. The molecule has 2 bridgehead atoms. The molecule has 1 saturated heterocycles. The van der Waals surface area contributed by atoms with Gasteiger partial charge in [0.05, 0.1) is 43.4 Å². The highest BCUT2D eigenvalue weighted by molar-refractivity contribution is 5.90. The summed E-state index contributed by atoms with van der Waals surface area (Å²) in [5, 5.41) is 11.1. The number of hydrogen-bond donors (Lipinski definition) is 2. The number of ketones is 1. The minimum atomic E-state index is -1.07. The number of hydrogen-bond acceptors (Lipinski definition) is 6. The summed E-state index contributed by atoms with van der Waals surface area (Å²) in [5.41, 5.74) is 0. The summed E-state index contributed by atoms with van der Waals surface area (Å²) in [6.07, 6.45) is 2.33. The fourth-order valence-electron chi connectivity index (χ4n) is 2.84. The lowest BCUT2D eigenvalue weighted by Crippen LogP contribution is -2.43. The molecule has 0 aromatic heterocycles. The Morgan fingerprint density at radius 1 is 1.13 bits per heavy atom. The molecule has 4 unspecified atom stereocenters. The van der Waals surface area contributed by atoms with Crippen LogP contribution in [0.15, 0.2) is 12.2 Å². The Hall–Kier alpha value is -2.22. The molecule has 8 heteroatoms. The number of carboxylic acid groups (broad SMARTS) is 1. The summed E-state index contributed by atoms with van der Waals surface area (Å²) in [6.45, 7) is 1.49. The van der Waals surface area contributed by atoms with Gasteiger partial charge >= 0.3 is 11.9 Å². The Morgan fingerprint density at radius 3 is 2.39 bits per heavy atom. The second-order valence-electron chi connectivity index (χ2n) is 5.52. The van der Waals surface area contributed by atoms with Crippen LogP contribution in [0.4, 0.5) is 0 Å². The lowest BCUT2D eigenvalue weighted by Gasteiger charge is -2.22. The summed E-state index contributed by atoms with van der Waals surface area (Å²) < 4.78 is 10.4. The summed E-state index contributed by atoms with van der Waals surface area (Å²) in [5.74, 6) is -3.16. The topological polar surface area (TPSA) is 119 Å². The molecule has 2 aliphatic heterocycles. The number of aliphatic carboxylic acids is 1. The first-order chi connectivity index (χ1) is 10.9. The Labute approximate surface area is 132 Å². The molecule has 2 heterocycles. The maximum Gasteiger partial charge on any atom is 0.306 e. The zero-order valence-electron chi connectivity index (χ0n) is 12.7. The first kappa shape index (κ1) is 17.1. The number of nitrogens with one attached hydrogen (secondary N) is 1. The van der Waals surface area contributed by atoms with Gasteiger partial charge in [-0.05, 0) is 6.92 Å². The Morgan fingerprint density at radius 2 is 1.78 bits per heavy atom. The average molecular weight is 325 g/mol. The minimum absolute atomic E-state index is 0.0492. The van der Waals surface area contributed by atoms with Crippen molar-refractivity contribution in [2.45, 2.75) is 32.0 Å². The van der Waals surface area contributed by atoms with Gasteiger partial charge < -0.3 is 19.9 Å². The van der Waals surface area contributed by atoms with Crippen molar-refractivity contribution in [2.75, 3.05) is 13.2 Å². The third kappa shape index (κ3) is 4.16. The first-order valence-electron chi connectivity index (χ1n) is 7.39. The van der Waals surface area contributed by atoms with Crippen molar-refractivity contribution in [3.63, 3.8) is 0 Å². The number of rotatable bonds is 8. The molecule has 2 rings (SSSR count). The van der Waals surface area contributed by atoms with Gasteiger partial charge in [-0.25, -0.2) is 0 Å². The lowest BCUT2D eigenvalue weighted by atomic mass is 9.80. The van der Waals surface area contributed by atoms with Gasteiger partial charge in [-0.15, -0.1) is 0 Å². The highest BCUT2D eigenvalue weighted by Crippen LogP contribution is 2.39. The van der Waals surface area contributed by atoms with E-state index in [1.807, 2.05) is 0 Å². The van der Waals surface area contributed by atoms with E-state index in [9.17, 15) is 19.2 Å². The molecule has 1 amide bonds. The van der Waals surface area contributed by atoms with Crippen molar-refractivity contribution in [1.29, 1.82) is 0 Å². The largest absolute Gasteiger partial charge is 0.481 e. The normalized spacial score (nSPS) is 27.7. The van der Waals surface area contributed by atoms with Crippen LogP contribution in [-0.4, -0.2) is 54.1 Å². The highest BCUT2D eigenvalue weighted by atomic mass is 16.5. The van der Waals surface area contributed by atoms with E-state index in [1.54, 1.807) is 12.2 Å². The fourth-order valence-corrected chi connectivity index (χ4v) is 2.84. The Bertz CT molecular complexity index is 542. The van der Waals surface area contributed by atoms with E-state index in [1.165, 1.54) is 6.92 Å². The van der Waals surface area contributed by atoms with Gasteiger partial charge in [0.1, 0.15) is 12.4 Å². The minimum Gasteiger partial charge on any atom is -0.481 e. The number of fused-ring (bicyclic) bond motifs is 2. The van der Waals surface area contributed by atoms with Crippen molar-refractivity contribution in [3.05, 3.63) is 12.2 Å². The second-order valence-corrected chi connectivity index (χ2v) is 5.52. The van der Waals surface area contributed by atoms with Gasteiger partial charge in [0.15, 0.2) is 0 Å². The zero-order valence-corrected chi connectivity index (χ0v) is 12.7. The smallest absolute Gasteiger partial charge is 0.306 e. The summed E-state index contributed by atoms with van der Waals surface area (Å²) in [7, 11) is 0. The van der Waals surface area contributed by atoms with E-state index >= 15 is 0 Å². The van der Waals surface area contributed by atoms with E-state index in [0.29, 0.717) is 0 Å². The summed E-state index contributed by atoms with van der Waals surface area (Å²) >= 11 is 0. The maximum atomic E-state index is 12.2. The van der Waals surface area contributed by atoms with E-state index in [-0.39, 0.29) is 43.8 Å². The number of esters is 1. The molecule has 0 radical (unpaired) electrons. The standard InChI is InChI=1S/C15H19NO7/c1-8(17)13-9-2-3-10(23-9)14(13)15(21)16-6-7-22-12(20)5-4-11(18)19/h2-3,9-10,13-14H,4-7H2,1H3,(H,16,21)(H,18,19). The van der Waals surface area contributed by atoms with E-state index < -0.39 is 29.9 Å². The first-order valence-corrected chi connectivity index (χ1v) is 7.39. The van der Waals surface area contributed by atoms with Gasteiger partial charge in [0.25, 0.3) is 0 Å². The summed E-state index contributed by atoms with van der Waals surface area (Å²) in [6, 6.07) is 0. The molecule has 0 saturated carbocycles. The van der Waals surface area contributed by atoms with Crippen molar-refractivity contribution >= 4 is 23.6 Å². The third-order valence-corrected chi connectivity index (χ3v) is 3.88. The highest BCUT2D eigenvalue weighted by Gasteiger charge is 2.51. The number of Topliss-reactive ketones (excluding diaryl/α,β-unsaturated/α-hetero) is 1. The molecule has 0 aliphatic carbocycles. The predicted octanol–water partition coefficient (Wildman–Crippen LogP) is -0.331. The van der Waals surface area contributed by atoms with Crippen LogP contribution in [0, 0.1) is 11.8 Å². The molecular weight excluding hydrogens is 306 g/mol. The number of carbonyl (C=O) groups is 4. The van der Waals surface area contributed by atoms with Gasteiger partial charge in [-0.2, -0.15) is 0 Å². The van der Waals surface area contributed by atoms with Crippen LogP contribution in [0.5, 0.6) is 0 Å². The molecule has 0 spiro atoms. The molecule has 23 heavy (non-hydrogen) atoms. The van der Waals surface area contributed by atoms with Crippen LogP contribution in [-0.2, 0) is 28.7 Å². The van der Waals surface area contributed by atoms with Crippen molar-refractivity contribution < 1.29 is 33.8 Å². The monoisotopic (exact) mass is 325 g/mol. The molecule has 0 aromatic carbocycles. The Kier molecular flexibility index (Phi) is 5.49. The SMILES string of the molecule is CC(=O)C1C2C=CC(O2)C1C(=O)NCCOC(=O)CCC(=O)O. The number of carbonyl (C=O) groups excluding carboxylic acids is 3. The fraction of sp³-hybridized carbons (Fsp3) is 0.600. The zero-order chi connectivity index (χ0) is 17.0. The molecule has 126 valence electrons. The predicted molar refractivity (Wildman–Crippen MR) is 76.3 cm³/mol. The van der Waals surface area contributed by atoms with Crippen molar-refractivity contribution in [3.8, 4) is 0 Å².